The quantitative estimate of drug-likeness (QED) is 0.0277. The van der Waals surface area contributed by atoms with Crippen molar-refractivity contribution in [2.45, 2.75) is 145 Å². The topological polar surface area (TPSA) is 147 Å². The molecular weight excluding hydrogens is 649 g/mol. The lowest BCUT2D eigenvalue weighted by Gasteiger charge is -2.37. The molecule has 0 bridgehead atoms. The summed E-state index contributed by atoms with van der Waals surface area (Å²) in [6, 6.07) is -1.00. The Morgan fingerprint density at radius 2 is 1.39 bits per heavy atom. The van der Waals surface area contributed by atoms with Crippen molar-refractivity contribution in [2.75, 3.05) is 26.6 Å². The highest BCUT2D eigenvalue weighted by molar-refractivity contribution is 7.51. The number of allylic oxidation sites excluding steroid dienone is 4. The number of ether oxygens (including phenoxy) is 3. The van der Waals surface area contributed by atoms with Gasteiger partial charge < -0.3 is 19.3 Å². The molecule has 0 radical (unpaired) electrons. The summed E-state index contributed by atoms with van der Waals surface area (Å²) in [5.74, 6) is -3.08. The monoisotopic (exact) mass is 715 g/mol. The molecule has 11 nitrogen and oxygen atoms in total. The lowest BCUT2D eigenvalue weighted by Crippen LogP contribution is -2.45. The highest BCUT2D eigenvalue weighted by Crippen LogP contribution is 2.48. The molecular formula is C37H66NO10P. The second-order valence-corrected chi connectivity index (χ2v) is 16.2. The standard InChI is InChI=1S/C37H66NO10P/c1-9-10-11-12-13-14-15-16-17-18-19-20-21-22-23-24-25-45-33(39)30(4)38-49(43,48-29(2)3)47-28-46-35(42)37(7,8)32-27-44-26-31(32)36(5,6)34(40)41/h13-14,16-17,29-32H,9-12,15,18-28H2,1-8H3,(H,38,43)(H,40,41)/b14-13-,17-16-/t30-,31?,32?,49-/m0/s1. The second-order valence-electron chi connectivity index (χ2n) is 14.4. The van der Waals surface area contributed by atoms with Crippen LogP contribution < -0.4 is 5.09 Å². The van der Waals surface area contributed by atoms with Gasteiger partial charge in [-0.2, -0.15) is 0 Å². The van der Waals surface area contributed by atoms with E-state index in [0.717, 1.165) is 38.5 Å². The molecule has 0 aromatic rings. The van der Waals surface area contributed by atoms with Crippen LogP contribution >= 0.6 is 7.75 Å². The third-order valence-electron chi connectivity index (χ3n) is 9.07. The second kappa shape index (κ2) is 23.4. The van der Waals surface area contributed by atoms with Gasteiger partial charge >= 0.3 is 25.7 Å². The minimum atomic E-state index is -4.09. The molecule has 4 atom stereocenters. The number of carboxylic acids is 1. The fourth-order valence-corrected chi connectivity index (χ4v) is 7.20. The minimum Gasteiger partial charge on any atom is -0.481 e. The molecule has 1 aliphatic rings. The van der Waals surface area contributed by atoms with Gasteiger partial charge in [0, 0.05) is 11.8 Å². The normalized spacial score (nSPS) is 19.0. The number of unbranched alkanes of at least 4 members (excludes halogenated alkanes) is 9. The summed E-state index contributed by atoms with van der Waals surface area (Å²) in [4.78, 5) is 37.6. The van der Waals surface area contributed by atoms with E-state index in [4.69, 9.17) is 23.3 Å². The molecule has 1 aliphatic heterocycles. The van der Waals surface area contributed by atoms with E-state index in [-0.39, 0.29) is 19.8 Å². The van der Waals surface area contributed by atoms with E-state index in [0.29, 0.717) is 0 Å². The van der Waals surface area contributed by atoms with E-state index in [1.165, 1.54) is 45.4 Å². The van der Waals surface area contributed by atoms with Gasteiger partial charge in [0.15, 0.2) is 0 Å². The first-order valence-corrected chi connectivity index (χ1v) is 19.8. The molecule has 1 fully saturated rings. The van der Waals surface area contributed by atoms with Crippen molar-refractivity contribution in [3.8, 4) is 0 Å². The van der Waals surface area contributed by atoms with Gasteiger partial charge in [-0.25, -0.2) is 9.65 Å². The van der Waals surface area contributed by atoms with Gasteiger partial charge in [0.25, 0.3) is 0 Å². The zero-order chi connectivity index (χ0) is 36.9. The van der Waals surface area contributed by atoms with Gasteiger partial charge in [-0.05, 0) is 87.0 Å². The van der Waals surface area contributed by atoms with Crippen LogP contribution in [0, 0.1) is 22.7 Å². The first-order valence-electron chi connectivity index (χ1n) is 18.2. The summed E-state index contributed by atoms with van der Waals surface area (Å²) in [5, 5.41) is 12.3. The number of hydrogen-bond donors (Lipinski definition) is 2. The molecule has 0 aromatic heterocycles. The predicted molar refractivity (Wildman–Crippen MR) is 192 cm³/mol. The van der Waals surface area contributed by atoms with Crippen LogP contribution in [0.5, 0.6) is 0 Å². The lowest BCUT2D eigenvalue weighted by molar-refractivity contribution is -0.168. The van der Waals surface area contributed by atoms with Gasteiger partial charge in [-0.3, -0.25) is 23.4 Å². The number of rotatable bonds is 27. The van der Waals surface area contributed by atoms with Crippen molar-refractivity contribution in [2.24, 2.45) is 22.7 Å². The zero-order valence-corrected chi connectivity index (χ0v) is 32.4. The third-order valence-corrected chi connectivity index (χ3v) is 10.9. The van der Waals surface area contributed by atoms with Crippen LogP contribution in [0.15, 0.2) is 24.3 Å². The Morgan fingerprint density at radius 3 is 1.96 bits per heavy atom. The smallest absolute Gasteiger partial charge is 0.409 e. The van der Waals surface area contributed by atoms with Gasteiger partial charge in [-0.1, -0.05) is 69.8 Å². The van der Waals surface area contributed by atoms with E-state index in [2.05, 4.69) is 36.3 Å². The molecule has 1 saturated heterocycles. The molecule has 12 heteroatoms. The number of carbonyl (C=O) groups excluding carboxylic acids is 2. The summed E-state index contributed by atoms with van der Waals surface area (Å²) < 4.78 is 40.7. The molecule has 0 aliphatic carbocycles. The summed E-state index contributed by atoms with van der Waals surface area (Å²) in [5.41, 5.74) is -2.24. The van der Waals surface area contributed by atoms with E-state index in [1.54, 1.807) is 41.5 Å². The Kier molecular flexibility index (Phi) is 21.5. The summed E-state index contributed by atoms with van der Waals surface area (Å²) in [7, 11) is -4.09. The van der Waals surface area contributed by atoms with E-state index < -0.39 is 67.3 Å². The molecule has 284 valence electrons. The zero-order valence-electron chi connectivity index (χ0n) is 31.5. The number of aliphatic carboxylic acids is 1. The third kappa shape index (κ3) is 17.2. The Labute approximate surface area is 295 Å². The summed E-state index contributed by atoms with van der Waals surface area (Å²) in [6.45, 7) is 13.6. The molecule has 49 heavy (non-hydrogen) atoms. The Balaban J connectivity index is 2.40. The number of esters is 2. The number of carboxylic acid groups (broad SMARTS) is 1. The van der Waals surface area contributed by atoms with E-state index in [9.17, 15) is 24.1 Å². The summed E-state index contributed by atoms with van der Waals surface area (Å²) >= 11 is 0. The fraction of sp³-hybridized carbons (Fsp3) is 0.811. The molecule has 0 spiro atoms. The van der Waals surface area contributed by atoms with Crippen molar-refractivity contribution in [3.63, 3.8) is 0 Å². The Morgan fingerprint density at radius 1 is 0.837 bits per heavy atom. The van der Waals surface area contributed by atoms with Crippen LogP contribution in [0.1, 0.15) is 132 Å². The highest BCUT2D eigenvalue weighted by atomic mass is 31.2. The highest BCUT2D eigenvalue weighted by Gasteiger charge is 2.53. The van der Waals surface area contributed by atoms with E-state index in [1.807, 2.05) is 0 Å². The number of carbonyl (C=O) groups is 3. The minimum absolute atomic E-state index is 0.204. The van der Waals surface area contributed by atoms with Crippen LogP contribution in [0.4, 0.5) is 0 Å². The lowest BCUT2D eigenvalue weighted by atomic mass is 9.64. The maximum absolute atomic E-state index is 13.5. The predicted octanol–water partition coefficient (Wildman–Crippen LogP) is 8.77. The van der Waals surface area contributed by atoms with Gasteiger partial charge in [0.05, 0.1) is 36.8 Å². The molecule has 1 rings (SSSR count). The average Bonchev–Trinajstić information content (AvgIpc) is 3.54. The van der Waals surface area contributed by atoms with Gasteiger partial charge in [0.1, 0.15) is 6.04 Å². The molecule has 1 heterocycles. The SMILES string of the molecule is CCCCC/C=C\C/C=C\CCCCCCCCOC(=O)[C@H](C)N[P@](=O)(OCOC(=O)C(C)(C)C1COCC1C(C)(C)C(=O)O)OC(C)C. The maximum atomic E-state index is 13.5. The largest absolute Gasteiger partial charge is 0.481 e. The average molecular weight is 716 g/mol. The molecule has 2 unspecified atom stereocenters. The summed E-state index contributed by atoms with van der Waals surface area (Å²) in [6.07, 6.45) is 21.9. The van der Waals surface area contributed by atoms with Crippen molar-refractivity contribution >= 4 is 25.7 Å². The molecule has 2 N–H and O–H groups in total. The van der Waals surface area contributed by atoms with Gasteiger partial charge in [-0.15, -0.1) is 0 Å². The van der Waals surface area contributed by atoms with Crippen LogP contribution in [0.3, 0.4) is 0 Å². The van der Waals surface area contributed by atoms with Crippen molar-refractivity contribution in [1.82, 2.24) is 5.09 Å². The molecule has 0 amide bonds. The van der Waals surface area contributed by atoms with Crippen molar-refractivity contribution in [1.29, 1.82) is 0 Å². The van der Waals surface area contributed by atoms with Crippen LogP contribution in [-0.4, -0.2) is 61.8 Å². The van der Waals surface area contributed by atoms with Crippen LogP contribution in [0.25, 0.3) is 0 Å². The van der Waals surface area contributed by atoms with Gasteiger partial charge in [0.2, 0.25) is 6.79 Å². The number of hydrogen-bond acceptors (Lipinski definition) is 9. The number of nitrogens with one attached hydrogen (secondary N) is 1. The molecule has 0 saturated carbocycles. The Hall–Kier alpha value is -2.04. The first-order chi connectivity index (χ1) is 23.1. The maximum Gasteiger partial charge on any atom is 0.409 e. The van der Waals surface area contributed by atoms with Crippen LogP contribution in [-0.2, 0) is 42.2 Å². The van der Waals surface area contributed by atoms with Crippen LogP contribution in [0.2, 0.25) is 0 Å². The first kappa shape index (κ1) is 45.0. The fourth-order valence-electron chi connectivity index (χ4n) is 5.68. The Bertz CT molecular complexity index is 1090. The van der Waals surface area contributed by atoms with Crippen molar-refractivity contribution in [3.05, 3.63) is 24.3 Å². The molecule has 0 aromatic carbocycles. The van der Waals surface area contributed by atoms with E-state index >= 15 is 0 Å². The van der Waals surface area contributed by atoms with Crippen molar-refractivity contribution < 1.29 is 47.3 Å².